The fourth-order valence-electron chi connectivity index (χ4n) is 1.36. The van der Waals surface area contributed by atoms with Gasteiger partial charge < -0.3 is 5.73 Å². The quantitative estimate of drug-likeness (QED) is 0.728. The summed E-state index contributed by atoms with van der Waals surface area (Å²) in [6, 6.07) is -0.327. The van der Waals surface area contributed by atoms with Crippen LogP contribution >= 0.6 is 11.3 Å². The van der Waals surface area contributed by atoms with Crippen LogP contribution in [0.2, 0.25) is 0 Å². The van der Waals surface area contributed by atoms with E-state index in [0.29, 0.717) is 6.54 Å². The molecule has 1 aromatic rings. The zero-order chi connectivity index (χ0) is 11.2. The van der Waals surface area contributed by atoms with Crippen molar-refractivity contribution in [1.82, 2.24) is 4.98 Å². The van der Waals surface area contributed by atoms with E-state index in [1.807, 2.05) is 5.38 Å². The Labute approximate surface area is 93.1 Å². The third kappa shape index (κ3) is 1.77. The zero-order valence-electron chi connectivity index (χ0n) is 9.15. The van der Waals surface area contributed by atoms with Gasteiger partial charge in [0.05, 0.1) is 12.2 Å². The number of anilines is 1. The third-order valence-electron chi connectivity index (χ3n) is 2.45. The predicted molar refractivity (Wildman–Crippen MR) is 61.1 cm³/mol. The second-order valence-corrected chi connectivity index (χ2v) is 5.66. The molecular weight excluding hydrogens is 210 g/mol. The Balaban J connectivity index is 2.19. The van der Waals surface area contributed by atoms with Gasteiger partial charge in [0, 0.05) is 10.8 Å². The van der Waals surface area contributed by atoms with Gasteiger partial charge in [-0.15, -0.1) is 11.3 Å². The minimum Gasteiger partial charge on any atom is -0.318 e. The maximum absolute atomic E-state index is 11.4. The van der Waals surface area contributed by atoms with Crippen LogP contribution in [-0.4, -0.2) is 23.5 Å². The number of carbonyl (C=O) groups excluding carboxylic acids is 1. The van der Waals surface area contributed by atoms with E-state index in [1.54, 1.807) is 4.90 Å². The lowest BCUT2D eigenvalue weighted by Crippen LogP contribution is -2.61. The molecule has 0 spiro atoms. The number of hydrogen-bond acceptors (Lipinski definition) is 4. The predicted octanol–water partition coefficient (Wildman–Crippen LogP) is 1.11. The van der Waals surface area contributed by atoms with Gasteiger partial charge in [-0.05, 0) is 0 Å². The Kier molecular flexibility index (Phi) is 2.31. The molecule has 5 heteroatoms. The average molecular weight is 225 g/mol. The average Bonchev–Trinajstić information content (AvgIpc) is 2.61. The molecule has 0 aliphatic carbocycles. The van der Waals surface area contributed by atoms with Crippen molar-refractivity contribution in [2.45, 2.75) is 32.2 Å². The molecule has 1 aromatic heterocycles. The molecule has 1 aliphatic rings. The highest BCUT2D eigenvalue weighted by Crippen LogP contribution is 2.30. The van der Waals surface area contributed by atoms with E-state index in [2.05, 4.69) is 25.8 Å². The molecule has 1 amide bonds. The molecule has 4 nitrogen and oxygen atoms in total. The summed E-state index contributed by atoms with van der Waals surface area (Å²) in [5.74, 6) is -0.0233. The summed E-state index contributed by atoms with van der Waals surface area (Å²) >= 11 is 1.50. The van der Waals surface area contributed by atoms with Crippen LogP contribution in [0.15, 0.2) is 5.38 Å². The van der Waals surface area contributed by atoms with Crippen LogP contribution in [0, 0.1) is 0 Å². The zero-order valence-corrected chi connectivity index (χ0v) is 9.97. The van der Waals surface area contributed by atoms with Gasteiger partial charge in [0.1, 0.15) is 6.04 Å². The molecule has 2 rings (SSSR count). The summed E-state index contributed by atoms with van der Waals surface area (Å²) in [6.45, 7) is 6.91. The van der Waals surface area contributed by atoms with Crippen molar-refractivity contribution in [3.05, 3.63) is 11.1 Å². The van der Waals surface area contributed by atoms with E-state index >= 15 is 0 Å². The Morgan fingerprint density at radius 1 is 1.60 bits per heavy atom. The summed E-state index contributed by atoms with van der Waals surface area (Å²) in [4.78, 5) is 17.5. The van der Waals surface area contributed by atoms with E-state index in [-0.39, 0.29) is 17.4 Å². The van der Waals surface area contributed by atoms with Crippen LogP contribution in [0.5, 0.6) is 0 Å². The Hall–Kier alpha value is -0.940. The van der Waals surface area contributed by atoms with Crippen LogP contribution in [0.3, 0.4) is 0 Å². The fourth-order valence-corrected chi connectivity index (χ4v) is 2.42. The van der Waals surface area contributed by atoms with Gasteiger partial charge >= 0.3 is 0 Å². The molecular formula is C10H15N3OS. The second-order valence-electron chi connectivity index (χ2n) is 4.82. The second kappa shape index (κ2) is 3.28. The molecule has 2 heterocycles. The molecule has 0 saturated carbocycles. The molecule has 15 heavy (non-hydrogen) atoms. The highest BCUT2D eigenvalue weighted by Gasteiger charge is 2.36. The van der Waals surface area contributed by atoms with Gasteiger partial charge in [-0.2, -0.15) is 0 Å². The molecule has 1 fully saturated rings. The van der Waals surface area contributed by atoms with Crippen molar-refractivity contribution in [1.29, 1.82) is 0 Å². The molecule has 0 aromatic carbocycles. The lowest BCUT2D eigenvalue weighted by atomic mass is 9.93. The number of nitrogens with zero attached hydrogens (tertiary/aromatic N) is 2. The molecule has 0 bridgehead atoms. The summed E-state index contributed by atoms with van der Waals surface area (Å²) in [5.41, 5.74) is 6.58. The highest BCUT2D eigenvalue weighted by molar-refractivity contribution is 7.14. The Morgan fingerprint density at radius 3 is 2.67 bits per heavy atom. The molecule has 0 radical (unpaired) electrons. The number of aromatic nitrogens is 1. The van der Waals surface area contributed by atoms with Crippen LogP contribution in [0.1, 0.15) is 26.5 Å². The number of carbonyl (C=O) groups is 1. The maximum atomic E-state index is 11.4. The molecule has 1 unspecified atom stereocenters. The van der Waals surface area contributed by atoms with Crippen molar-refractivity contribution in [3.8, 4) is 0 Å². The fraction of sp³-hybridized carbons (Fsp3) is 0.600. The van der Waals surface area contributed by atoms with E-state index in [9.17, 15) is 4.79 Å². The van der Waals surface area contributed by atoms with E-state index in [1.165, 1.54) is 11.3 Å². The van der Waals surface area contributed by atoms with Crippen LogP contribution in [-0.2, 0) is 10.2 Å². The lowest BCUT2D eigenvalue weighted by molar-refractivity contribution is -0.123. The van der Waals surface area contributed by atoms with Gasteiger partial charge in [-0.25, -0.2) is 4.98 Å². The van der Waals surface area contributed by atoms with Gasteiger partial charge in [0.2, 0.25) is 5.91 Å². The Bertz CT molecular complexity index is 394. The molecule has 1 atom stereocenters. The van der Waals surface area contributed by atoms with Crippen molar-refractivity contribution < 1.29 is 4.79 Å². The minimum atomic E-state index is -0.327. The first kappa shape index (κ1) is 10.6. The van der Waals surface area contributed by atoms with Crippen LogP contribution < -0.4 is 10.6 Å². The summed E-state index contributed by atoms with van der Waals surface area (Å²) in [6.07, 6.45) is 0. The number of thiazole rings is 1. The standard InChI is InChI=1S/C10H15N3OS/c1-10(2,3)7-5-15-9(12-7)13-4-6(11)8(13)14/h5-6H,4,11H2,1-3H3. The van der Waals surface area contributed by atoms with Gasteiger partial charge in [0.15, 0.2) is 5.13 Å². The third-order valence-corrected chi connectivity index (χ3v) is 3.32. The topological polar surface area (TPSA) is 59.2 Å². The summed E-state index contributed by atoms with van der Waals surface area (Å²) < 4.78 is 0. The van der Waals surface area contributed by atoms with E-state index in [0.717, 1.165) is 10.8 Å². The van der Waals surface area contributed by atoms with Gasteiger partial charge in [-0.1, -0.05) is 20.8 Å². The first-order chi connectivity index (χ1) is 6.89. The number of hydrogen-bond donors (Lipinski definition) is 1. The molecule has 1 aliphatic heterocycles. The SMILES string of the molecule is CC(C)(C)c1csc(N2CC(N)C2=O)n1. The van der Waals surface area contributed by atoms with Crippen molar-refractivity contribution in [2.24, 2.45) is 5.73 Å². The summed E-state index contributed by atoms with van der Waals surface area (Å²) in [5, 5.41) is 2.78. The number of rotatable bonds is 1. The largest absolute Gasteiger partial charge is 0.318 e. The van der Waals surface area contributed by atoms with Crippen molar-refractivity contribution >= 4 is 22.4 Å². The first-order valence-electron chi connectivity index (χ1n) is 4.92. The monoisotopic (exact) mass is 225 g/mol. The number of amides is 1. The smallest absolute Gasteiger partial charge is 0.247 e. The molecule has 1 saturated heterocycles. The van der Waals surface area contributed by atoms with Gasteiger partial charge in [-0.3, -0.25) is 9.69 Å². The Morgan fingerprint density at radius 2 is 2.27 bits per heavy atom. The molecule has 2 N–H and O–H groups in total. The minimum absolute atomic E-state index is 0.0233. The van der Waals surface area contributed by atoms with Crippen molar-refractivity contribution in [3.63, 3.8) is 0 Å². The number of β-lactam (4-membered cyclic amide) rings is 1. The molecule has 82 valence electrons. The maximum Gasteiger partial charge on any atom is 0.247 e. The van der Waals surface area contributed by atoms with Crippen LogP contribution in [0.25, 0.3) is 0 Å². The number of nitrogens with two attached hydrogens (primary N) is 1. The van der Waals surface area contributed by atoms with E-state index < -0.39 is 0 Å². The van der Waals surface area contributed by atoms with Crippen molar-refractivity contribution in [2.75, 3.05) is 11.4 Å². The van der Waals surface area contributed by atoms with Crippen LogP contribution in [0.4, 0.5) is 5.13 Å². The highest BCUT2D eigenvalue weighted by atomic mass is 32.1. The summed E-state index contributed by atoms with van der Waals surface area (Å²) in [7, 11) is 0. The normalized spacial score (nSPS) is 21.7. The van der Waals surface area contributed by atoms with Gasteiger partial charge in [0.25, 0.3) is 0 Å². The first-order valence-corrected chi connectivity index (χ1v) is 5.80. The van der Waals surface area contributed by atoms with E-state index in [4.69, 9.17) is 5.73 Å². The lowest BCUT2D eigenvalue weighted by Gasteiger charge is -2.33.